The summed E-state index contributed by atoms with van der Waals surface area (Å²) in [6.07, 6.45) is 5.31. The van der Waals surface area contributed by atoms with E-state index in [0.29, 0.717) is 11.5 Å². The number of carbonyl (C=O) groups excluding carboxylic acids is 1. The minimum atomic E-state index is -0.0249. The van der Waals surface area contributed by atoms with E-state index in [-0.39, 0.29) is 5.91 Å². The number of likely N-dealkylation sites (tertiary alicyclic amines) is 1. The number of nitrogens with zero attached hydrogens (tertiary/aromatic N) is 3. The van der Waals surface area contributed by atoms with Gasteiger partial charge in [0.05, 0.1) is 12.4 Å². The number of aryl methyl sites for hydroxylation is 2. The van der Waals surface area contributed by atoms with E-state index in [9.17, 15) is 4.79 Å². The molecule has 1 aromatic carbocycles. The number of carbonyl (C=O) groups is 1. The van der Waals surface area contributed by atoms with E-state index in [1.54, 1.807) is 12.4 Å². The Morgan fingerprint density at radius 1 is 1.14 bits per heavy atom. The van der Waals surface area contributed by atoms with Gasteiger partial charge in [0, 0.05) is 18.8 Å². The number of amides is 1. The fourth-order valence-corrected chi connectivity index (χ4v) is 2.68. The molecule has 0 aliphatic carbocycles. The lowest BCUT2D eigenvalue weighted by Crippen LogP contribution is -2.28. The van der Waals surface area contributed by atoms with Crippen LogP contribution in [0.2, 0.25) is 0 Å². The van der Waals surface area contributed by atoms with Gasteiger partial charge in [-0.05, 0) is 38.3 Å². The topological polar surface area (TPSA) is 58.1 Å². The molecule has 1 amide bonds. The zero-order valence-electron chi connectivity index (χ0n) is 13.0. The van der Waals surface area contributed by atoms with E-state index in [1.807, 2.05) is 24.0 Å². The molecule has 0 atom stereocenters. The maximum atomic E-state index is 12.2. The molecule has 0 saturated carbocycles. The summed E-state index contributed by atoms with van der Waals surface area (Å²) in [5, 5.41) is 3.24. The molecule has 0 spiro atoms. The van der Waals surface area contributed by atoms with Crippen LogP contribution in [0, 0.1) is 13.8 Å². The van der Waals surface area contributed by atoms with E-state index < -0.39 is 0 Å². The molecular weight excluding hydrogens is 276 g/mol. The molecule has 1 aliphatic heterocycles. The van der Waals surface area contributed by atoms with Crippen LogP contribution in [0.1, 0.15) is 34.5 Å². The molecule has 0 bridgehead atoms. The highest BCUT2D eigenvalue weighted by molar-refractivity contribution is 5.92. The Hall–Kier alpha value is -2.43. The second-order valence-electron chi connectivity index (χ2n) is 5.73. The average molecular weight is 296 g/mol. The van der Waals surface area contributed by atoms with Crippen LogP contribution in [-0.2, 0) is 0 Å². The number of hydrogen-bond donors (Lipinski definition) is 1. The fraction of sp³-hybridized carbons (Fsp3) is 0.353. The molecule has 2 heterocycles. The Kier molecular flexibility index (Phi) is 4.04. The van der Waals surface area contributed by atoms with Crippen LogP contribution in [0.5, 0.6) is 0 Å². The Labute approximate surface area is 130 Å². The first kappa shape index (κ1) is 14.5. The maximum absolute atomic E-state index is 12.2. The van der Waals surface area contributed by atoms with Crippen LogP contribution in [0.3, 0.4) is 0 Å². The zero-order valence-corrected chi connectivity index (χ0v) is 13.0. The highest BCUT2D eigenvalue weighted by atomic mass is 16.2. The minimum Gasteiger partial charge on any atom is -0.339 e. The number of benzene rings is 1. The smallest absolute Gasteiger partial charge is 0.274 e. The van der Waals surface area contributed by atoms with Crippen molar-refractivity contribution >= 4 is 17.4 Å². The van der Waals surface area contributed by atoms with Crippen molar-refractivity contribution in [3.8, 4) is 0 Å². The van der Waals surface area contributed by atoms with Crippen molar-refractivity contribution in [3.05, 3.63) is 47.4 Å². The number of anilines is 2. The molecule has 1 aromatic heterocycles. The van der Waals surface area contributed by atoms with Crippen LogP contribution in [-0.4, -0.2) is 33.9 Å². The van der Waals surface area contributed by atoms with E-state index in [0.717, 1.165) is 37.2 Å². The maximum Gasteiger partial charge on any atom is 0.274 e. The van der Waals surface area contributed by atoms with Gasteiger partial charge in [0.25, 0.3) is 5.91 Å². The third kappa shape index (κ3) is 3.08. The molecule has 2 aromatic rings. The van der Waals surface area contributed by atoms with Crippen LogP contribution in [0.25, 0.3) is 0 Å². The highest BCUT2D eigenvalue weighted by Crippen LogP contribution is 2.20. The van der Waals surface area contributed by atoms with Gasteiger partial charge in [-0.2, -0.15) is 0 Å². The number of hydrogen-bond acceptors (Lipinski definition) is 4. The number of aromatic nitrogens is 2. The van der Waals surface area contributed by atoms with Crippen molar-refractivity contribution in [2.75, 3.05) is 18.4 Å². The number of rotatable bonds is 3. The monoisotopic (exact) mass is 296 g/mol. The van der Waals surface area contributed by atoms with Gasteiger partial charge >= 0.3 is 0 Å². The lowest BCUT2D eigenvalue weighted by Gasteiger charge is -2.14. The third-order valence-corrected chi connectivity index (χ3v) is 3.91. The Morgan fingerprint density at radius 3 is 2.55 bits per heavy atom. The van der Waals surface area contributed by atoms with Gasteiger partial charge in [-0.3, -0.25) is 4.79 Å². The molecule has 1 aliphatic rings. The van der Waals surface area contributed by atoms with E-state index >= 15 is 0 Å². The average Bonchev–Trinajstić information content (AvgIpc) is 3.04. The van der Waals surface area contributed by atoms with E-state index in [2.05, 4.69) is 28.3 Å². The summed E-state index contributed by atoms with van der Waals surface area (Å²) in [4.78, 5) is 22.6. The van der Waals surface area contributed by atoms with Crippen LogP contribution in [0.4, 0.5) is 11.5 Å². The highest BCUT2D eigenvalue weighted by Gasteiger charge is 2.20. The van der Waals surface area contributed by atoms with Crippen molar-refractivity contribution in [3.63, 3.8) is 0 Å². The van der Waals surface area contributed by atoms with Gasteiger partial charge in [0.1, 0.15) is 11.5 Å². The molecule has 3 rings (SSSR count). The van der Waals surface area contributed by atoms with Crippen molar-refractivity contribution in [2.45, 2.75) is 26.7 Å². The molecule has 22 heavy (non-hydrogen) atoms. The van der Waals surface area contributed by atoms with E-state index in [4.69, 9.17) is 0 Å². The molecule has 1 fully saturated rings. The summed E-state index contributed by atoms with van der Waals surface area (Å²) in [5.74, 6) is 0.619. The Morgan fingerprint density at radius 2 is 1.91 bits per heavy atom. The summed E-state index contributed by atoms with van der Waals surface area (Å²) in [6, 6.07) is 6.19. The predicted octanol–water partition coefficient (Wildman–Crippen LogP) is 3.07. The summed E-state index contributed by atoms with van der Waals surface area (Å²) >= 11 is 0. The first-order valence-corrected chi connectivity index (χ1v) is 7.59. The van der Waals surface area contributed by atoms with Gasteiger partial charge < -0.3 is 10.2 Å². The molecular formula is C17H20N4O. The van der Waals surface area contributed by atoms with Crippen LogP contribution in [0.15, 0.2) is 30.6 Å². The van der Waals surface area contributed by atoms with Gasteiger partial charge in [-0.1, -0.05) is 17.7 Å². The molecule has 114 valence electrons. The number of nitrogens with one attached hydrogen (secondary N) is 1. The van der Waals surface area contributed by atoms with E-state index in [1.165, 1.54) is 5.56 Å². The summed E-state index contributed by atoms with van der Waals surface area (Å²) in [5.41, 5.74) is 3.78. The summed E-state index contributed by atoms with van der Waals surface area (Å²) in [7, 11) is 0. The summed E-state index contributed by atoms with van der Waals surface area (Å²) < 4.78 is 0. The molecule has 1 saturated heterocycles. The van der Waals surface area contributed by atoms with Crippen molar-refractivity contribution in [1.82, 2.24) is 14.9 Å². The normalized spacial score (nSPS) is 14.2. The predicted molar refractivity (Wildman–Crippen MR) is 86.4 cm³/mol. The summed E-state index contributed by atoms with van der Waals surface area (Å²) in [6.45, 7) is 5.76. The zero-order chi connectivity index (χ0) is 15.5. The Balaban J connectivity index is 1.72. The van der Waals surface area contributed by atoms with Gasteiger partial charge in [0.15, 0.2) is 0 Å². The van der Waals surface area contributed by atoms with Crippen molar-refractivity contribution in [1.29, 1.82) is 0 Å². The van der Waals surface area contributed by atoms with Crippen LogP contribution >= 0.6 is 0 Å². The molecule has 5 heteroatoms. The lowest BCUT2D eigenvalue weighted by molar-refractivity contribution is 0.0786. The largest absolute Gasteiger partial charge is 0.339 e. The van der Waals surface area contributed by atoms with Crippen molar-refractivity contribution in [2.24, 2.45) is 0 Å². The SMILES string of the molecule is Cc1ccc(Nc2cnc(C(=O)N3CCCC3)cn2)c(C)c1. The standard InChI is InChI=1S/C17H20N4O/c1-12-5-6-14(13(2)9-12)20-16-11-18-15(10-19-16)17(22)21-7-3-4-8-21/h5-6,9-11H,3-4,7-8H2,1-2H3,(H,19,20). The van der Waals surface area contributed by atoms with Gasteiger partial charge in [-0.15, -0.1) is 0 Å². The minimum absolute atomic E-state index is 0.0249. The van der Waals surface area contributed by atoms with Gasteiger partial charge in [-0.25, -0.2) is 9.97 Å². The first-order valence-electron chi connectivity index (χ1n) is 7.59. The lowest BCUT2D eigenvalue weighted by atomic mass is 10.1. The molecule has 1 N–H and O–H groups in total. The Bertz CT molecular complexity index is 676. The van der Waals surface area contributed by atoms with Crippen molar-refractivity contribution < 1.29 is 4.79 Å². The van der Waals surface area contributed by atoms with Gasteiger partial charge in [0.2, 0.25) is 0 Å². The molecule has 0 radical (unpaired) electrons. The first-order chi connectivity index (χ1) is 10.6. The quantitative estimate of drug-likeness (QED) is 0.945. The van der Waals surface area contributed by atoms with Crippen LogP contribution < -0.4 is 5.32 Å². The second kappa shape index (κ2) is 6.13. The molecule has 5 nitrogen and oxygen atoms in total. The third-order valence-electron chi connectivity index (χ3n) is 3.91. The fourth-order valence-electron chi connectivity index (χ4n) is 2.68. The second-order valence-corrected chi connectivity index (χ2v) is 5.73. The molecule has 0 unspecified atom stereocenters.